The van der Waals surface area contributed by atoms with E-state index in [1.807, 2.05) is 17.0 Å². The summed E-state index contributed by atoms with van der Waals surface area (Å²) in [5, 5.41) is 14.4. The van der Waals surface area contributed by atoms with Crippen LogP contribution in [0.4, 0.5) is 16.0 Å². The molecule has 2 saturated heterocycles. The lowest BCUT2D eigenvalue weighted by Gasteiger charge is -2.36. The minimum absolute atomic E-state index is 0.175. The van der Waals surface area contributed by atoms with Crippen molar-refractivity contribution in [2.75, 3.05) is 56.6 Å². The van der Waals surface area contributed by atoms with Crippen LogP contribution in [0.5, 0.6) is 5.75 Å². The number of nitrogens with zero attached hydrogens (tertiary/aromatic N) is 7. The van der Waals surface area contributed by atoms with Gasteiger partial charge < -0.3 is 29.6 Å². The van der Waals surface area contributed by atoms with Crippen LogP contribution in [0, 0.1) is 5.82 Å². The molecule has 2 aliphatic heterocycles. The summed E-state index contributed by atoms with van der Waals surface area (Å²) in [5.74, 6) is 0.763. The minimum Gasteiger partial charge on any atom is -0.485 e. The lowest BCUT2D eigenvalue weighted by Crippen LogP contribution is -2.47. The Balaban J connectivity index is 1.04. The van der Waals surface area contributed by atoms with Crippen LogP contribution in [0.15, 0.2) is 51.9 Å². The number of benzene rings is 1. The van der Waals surface area contributed by atoms with E-state index in [9.17, 15) is 14.3 Å². The number of rotatable bonds is 7. The molecular formula is C28H31FN8O5. The average Bonchev–Trinajstić information content (AvgIpc) is 3.78. The molecule has 0 saturated carbocycles. The zero-order chi connectivity index (χ0) is 29.0. The van der Waals surface area contributed by atoms with Gasteiger partial charge in [-0.15, -0.1) is 0 Å². The number of nitrogen functional groups attached to an aromatic ring is 1. The van der Waals surface area contributed by atoms with Crippen LogP contribution in [0.25, 0.3) is 28.1 Å². The van der Waals surface area contributed by atoms with Crippen molar-refractivity contribution in [2.24, 2.45) is 7.05 Å². The van der Waals surface area contributed by atoms with Crippen molar-refractivity contribution in [3.05, 3.63) is 59.0 Å². The van der Waals surface area contributed by atoms with E-state index in [1.165, 1.54) is 10.6 Å². The quantitative estimate of drug-likeness (QED) is 0.291. The van der Waals surface area contributed by atoms with Gasteiger partial charge in [-0.25, -0.2) is 9.18 Å². The van der Waals surface area contributed by atoms with E-state index >= 15 is 0 Å². The standard InChI is InChI=1S/C28H31FN8O5/c1-33-25-21-14-19(23-3-2-12-41-23)32-37(21)27(30)31-26(25)36(28(33)39)11-8-34-6-9-35(10-7-34)20-5-4-17(13-18(20)29)42-24-16-40-15-22(24)38/h2-5,12-14,22,24,38H,6-11,15-16H2,1H3,(H2,30,31)/t22-,24-/m0/s1. The van der Waals surface area contributed by atoms with Crippen molar-refractivity contribution in [3.63, 3.8) is 0 Å². The van der Waals surface area contributed by atoms with Crippen molar-refractivity contribution in [3.8, 4) is 17.2 Å². The SMILES string of the molecule is Cn1c(=O)n(CCN2CCN(c3ccc(O[C@H]4COC[C@@H]4O)cc3F)CC2)c2nc(N)n3nc(-c4ccco4)cc3c21. The topological polar surface area (TPSA) is 141 Å². The van der Waals surface area contributed by atoms with Crippen molar-refractivity contribution in [1.29, 1.82) is 0 Å². The number of nitrogens with two attached hydrogens (primary N) is 1. The zero-order valence-electron chi connectivity index (χ0n) is 23.0. The predicted molar refractivity (Wildman–Crippen MR) is 152 cm³/mol. The number of halogens is 1. The van der Waals surface area contributed by atoms with Gasteiger partial charge in [0.1, 0.15) is 35.0 Å². The Morgan fingerprint density at radius 2 is 1.98 bits per heavy atom. The molecule has 1 aromatic carbocycles. The average molecular weight is 579 g/mol. The Hall–Kier alpha value is -4.40. The van der Waals surface area contributed by atoms with Gasteiger partial charge in [0.15, 0.2) is 11.4 Å². The largest absolute Gasteiger partial charge is 0.485 e. The van der Waals surface area contributed by atoms with E-state index in [1.54, 1.807) is 40.6 Å². The van der Waals surface area contributed by atoms with Gasteiger partial charge in [-0.3, -0.25) is 14.0 Å². The number of aryl methyl sites for hydroxylation is 1. The first-order valence-corrected chi connectivity index (χ1v) is 13.8. The minimum atomic E-state index is -0.717. The first-order valence-electron chi connectivity index (χ1n) is 13.8. The summed E-state index contributed by atoms with van der Waals surface area (Å²) in [7, 11) is 1.71. The predicted octanol–water partition coefficient (Wildman–Crippen LogP) is 1.32. The summed E-state index contributed by atoms with van der Waals surface area (Å²) in [5.41, 5.74) is 8.98. The van der Waals surface area contributed by atoms with Gasteiger partial charge in [0.25, 0.3) is 0 Å². The van der Waals surface area contributed by atoms with Crippen LogP contribution in [0.3, 0.4) is 0 Å². The number of ether oxygens (including phenoxy) is 2. The second kappa shape index (κ2) is 10.5. The Morgan fingerprint density at radius 1 is 1.14 bits per heavy atom. The number of hydrogen-bond acceptors (Lipinski definition) is 10. The molecule has 7 rings (SSSR count). The molecule has 2 fully saturated rings. The number of aromatic nitrogens is 5. The van der Waals surface area contributed by atoms with Crippen LogP contribution < -0.4 is 21.1 Å². The number of fused-ring (bicyclic) bond motifs is 3. The van der Waals surface area contributed by atoms with Crippen LogP contribution in [0.1, 0.15) is 0 Å². The van der Waals surface area contributed by atoms with Gasteiger partial charge in [0.05, 0.1) is 30.7 Å². The maximum absolute atomic E-state index is 15.0. The highest BCUT2D eigenvalue weighted by Gasteiger charge is 2.29. The molecule has 2 atom stereocenters. The second-order valence-electron chi connectivity index (χ2n) is 10.6. The number of aliphatic hydroxyl groups excluding tert-OH is 1. The lowest BCUT2D eigenvalue weighted by molar-refractivity contribution is 0.0731. The normalized spacial score (nSPS) is 19.8. The summed E-state index contributed by atoms with van der Waals surface area (Å²) < 4.78 is 36.1. The van der Waals surface area contributed by atoms with Crippen LogP contribution in [-0.4, -0.2) is 91.9 Å². The van der Waals surface area contributed by atoms with E-state index < -0.39 is 12.2 Å². The van der Waals surface area contributed by atoms with Crippen molar-refractivity contribution < 1.29 is 23.4 Å². The molecule has 220 valence electrons. The fraction of sp³-hybridized carbons (Fsp3) is 0.393. The van der Waals surface area contributed by atoms with Gasteiger partial charge in [-0.1, -0.05) is 0 Å². The third-order valence-electron chi connectivity index (χ3n) is 8.04. The summed E-state index contributed by atoms with van der Waals surface area (Å²) in [6.45, 7) is 4.23. The highest BCUT2D eigenvalue weighted by Crippen LogP contribution is 2.28. The molecular weight excluding hydrogens is 547 g/mol. The van der Waals surface area contributed by atoms with Gasteiger partial charge >= 0.3 is 5.69 Å². The summed E-state index contributed by atoms with van der Waals surface area (Å²) in [4.78, 5) is 22.1. The molecule has 6 heterocycles. The molecule has 0 unspecified atom stereocenters. The maximum atomic E-state index is 15.0. The van der Waals surface area contributed by atoms with Crippen molar-refractivity contribution in [2.45, 2.75) is 18.8 Å². The zero-order valence-corrected chi connectivity index (χ0v) is 23.0. The summed E-state index contributed by atoms with van der Waals surface area (Å²) in [6.07, 6.45) is 0.362. The van der Waals surface area contributed by atoms with Gasteiger partial charge in [-0.2, -0.15) is 14.6 Å². The number of imidazole rings is 1. The smallest absolute Gasteiger partial charge is 0.330 e. The number of hydrogen-bond donors (Lipinski definition) is 2. The van der Waals surface area contributed by atoms with Crippen molar-refractivity contribution >= 4 is 28.3 Å². The fourth-order valence-electron chi connectivity index (χ4n) is 5.75. The number of piperazine rings is 1. The third-order valence-corrected chi connectivity index (χ3v) is 8.04. The fourth-order valence-corrected chi connectivity index (χ4v) is 5.75. The molecule has 0 radical (unpaired) electrons. The van der Waals surface area contributed by atoms with Crippen LogP contribution in [-0.2, 0) is 18.3 Å². The second-order valence-corrected chi connectivity index (χ2v) is 10.6. The molecule has 14 heteroatoms. The molecule has 0 spiro atoms. The highest BCUT2D eigenvalue weighted by molar-refractivity contribution is 5.91. The molecule has 0 bridgehead atoms. The van der Waals surface area contributed by atoms with E-state index in [4.69, 9.17) is 19.6 Å². The molecule has 3 N–H and O–H groups in total. The Labute approximate surface area is 239 Å². The van der Waals surface area contributed by atoms with E-state index in [0.717, 1.165) is 0 Å². The van der Waals surface area contributed by atoms with Gasteiger partial charge in [-0.05, 0) is 30.3 Å². The number of aliphatic hydroxyl groups is 1. The molecule has 42 heavy (non-hydrogen) atoms. The van der Waals surface area contributed by atoms with E-state index in [0.29, 0.717) is 78.8 Å². The first kappa shape index (κ1) is 26.5. The molecule has 0 aliphatic carbocycles. The molecule has 0 amide bonds. The van der Waals surface area contributed by atoms with Crippen LogP contribution >= 0.6 is 0 Å². The lowest BCUT2D eigenvalue weighted by atomic mass is 10.2. The van der Waals surface area contributed by atoms with Crippen LogP contribution in [0.2, 0.25) is 0 Å². The number of furan rings is 1. The Morgan fingerprint density at radius 3 is 2.69 bits per heavy atom. The van der Waals surface area contributed by atoms with E-state index in [2.05, 4.69) is 15.0 Å². The molecule has 5 aromatic rings. The number of anilines is 2. The monoisotopic (exact) mass is 578 g/mol. The molecule has 13 nitrogen and oxygen atoms in total. The summed E-state index contributed by atoms with van der Waals surface area (Å²) in [6, 6.07) is 10.2. The Kier molecular flexibility index (Phi) is 6.60. The van der Waals surface area contributed by atoms with E-state index in [-0.39, 0.29) is 30.7 Å². The third kappa shape index (κ3) is 4.57. The highest BCUT2D eigenvalue weighted by atomic mass is 19.1. The van der Waals surface area contributed by atoms with Gasteiger partial charge in [0, 0.05) is 52.4 Å². The maximum Gasteiger partial charge on any atom is 0.330 e. The van der Waals surface area contributed by atoms with Crippen molar-refractivity contribution in [1.82, 2.24) is 28.6 Å². The first-order chi connectivity index (χ1) is 20.4. The molecule has 2 aliphatic rings. The molecule has 4 aromatic heterocycles. The van der Waals surface area contributed by atoms with Gasteiger partial charge in [0.2, 0.25) is 5.95 Å². The Bertz CT molecular complexity index is 1800. The summed E-state index contributed by atoms with van der Waals surface area (Å²) >= 11 is 0.